The molecule has 4 unspecified atom stereocenters. The van der Waals surface area contributed by atoms with E-state index in [0.29, 0.717) is 5.92 Å². The molecular formula is C15H29NO2S. The molecule has 2 N–H and O–H groups in total. The lowest BCUT2D eigenvalue weighted by Gasteiger charge is -2.43. The van der Waals surface area contributed by atoms with Crippen LogP contribution in [-0.4, -0.2) is 25.0 Å². The third-order valence-electron chi connectivity index (χ3n) is 5.39. The van der Waals surface area contributed by atoms with Crippen molar-refractivity contribution in [3.63, 3.8) is 0 Å². The lowest BCUT2D eigenvalue weighted by molar-refractivity contribution is 0.203. The Bertz CT molecular complexity index is 416. The van der Waals surface area contributed by atoms with Crippen LogP contribution >= 0.6 is 0 Å². The Morgan fingerprint density at radius 2 is 1.79 bits per heavy atom. The first-order valence-corrected chi connectivity index (χ1v) is 9.34. The molecule has 0 amide bonds. The molecule has 0 saturated heterocycles. The van der Waals surface area contributed by atoms with E-state index in [1.165, 1.54) is 6.42 Å². The average molecular weight is 287 g/mol. The van der Waals surface area contributed by atoms with Gasteiger partial charge in [-0.25, -0.2) is 8.42 Å². The van der Waals surface area contributed by atoms with Crippen LogP contribution in [0.15, 0.2) is 0 Å². The van der Waals surface area contributed by atoms with E-state index in [1.807, 2.05) is 0 Å². The summed E-state index contributed by atoms with van der Waals surface area (Å²) in [6.07, 6.45) is 6.71. The lowest BCUT2D eigenvalue weighted by Crippen LogP contribution is -2.54. The topological polar surface area (TPSA) is 60.2 Å². The van der Waals surface area contributed by atoms with Crippen LogP contribution in [0.4, 0.5) is 0 Å². The minimum absolute atomic E-state index is 0.0454. The average Bonchev–Trinajstić information content (AvgIpc) is 2.32. The van der Waals surface area contributed by atoms with Gasteiger partial charge in [-0.3, -0.25) is 0 Å². The fraction of sp³-hybridized carbons (Fsp3) is 1.00. The fourth-order valence-corrected chi connectivity index (χ4v) is 6.76. The molecule has 0 radical (unpaired) electrons. The van der Waals surface area contributed by atoms with E-state index in [4.69, 9.17) is 5.73 Å². The van der Waals surface area contributed by atoms with Gasteiger partial charge in [-0.05, 0) is 37.0 Å². The van der Waals surface area contributed by atoms with Crippen molar-refractivity contribution >= 4 is 9.84 Å². The Hall–Kier alpha value is -0.0900. The summed E-state index contributed by atoms with van der Waals surface area (Å²) < 4.78 is 25.8. The van der Waals surface area contributed by atoms with Gasteiger partial charge in [-0.2, -0.15) is 0 Å². The molecule has 0 heterocycles. The highest BCUT2D eigenvalue weighted by Gasteiger charge is 2.46. The van der Waals surface area contributed by atoms with Crippen molar-refractivity contribution in [2.75, 3.05) is 0 Å². The first-order chi connectivity index (χ1) is 8.75. The van der Waals surface area contributed by atoms with Gasteiger partial charge < -0.3 is 5.73 Å². The molecule has 112 valence electrons. The SMILES string of the molecule is CC1CCCC(S(=O)(=O)C2CCCC(C)(C)C2N)C1. The zero-order valence-electron chi connectivity index (χ0n) is 12.6. The molecule has 2 aliphatic rings. The van der Waals surface area contributed by atoms with E-state index in [9.17, 15) is 8.42 Å². The number of hydrogen-bond acceptors (Lipinski definition) is 3. The minimum atomic E-state index is -3.06. The van der Waals surface area contributed by atoms with Crippen molar-refractivity contribution in [2.24, 2.45) is 17.1 Å². The van der Waals surface area contributed by atoms with Crippen LogP contribution in [0.25, 0.3) is 0 Å². The summed E-state index contributed by atoms with van der Waals surface area (Å²) in [5.74, 6) is 0.543. The highest BCUT2D eigenvalue weighted by molar-refractivity contribution is 7.92. The van der Waals surface area contributed by atoms with Gasteiger partial charge in [0, 0.05) is 6.04 Å². The predicted octanol–water partition coefficient (Wildman–Crippen LogP) is 2.89. The molecule has 4 atom stereocenters. The zero-order chi connectivity index (χ0) is 14.3. The molecule has 0 aromatic carbocycles. The van der Waals surface area contributed by atoms with Crippen molar-refractivity contribution in [3.05, 3.63) is 0 Å². The Labute approximate surface area is 118 Å². The second-order valence-corrected chi connectivity index (χ2v) is 9.88. The van der Waals surface area contributed by atoms with Crippen LogP contribution in [0, 0.1) is 11.3 Å². The van der Waals surface area contributed by atoms with E-state index in [1.54, 1.807) is 0 Å². The van der Waals surface area contributed by atoms with Crippen LogP contribution in [0.5, 0.6) is 0 Å². The van der Waals surface area contributed by atoms with E-state index < -0.39 is 9.84 Å². The molecule has 2 rings (SSSR count). The molecule has 2 fully saturated rings. The van der Waals surface area contributed by atoms with Crippen LogP contribution in [-0.2, 0) is 9.84 Å². The highest BCUT2D eigenvalue weighted by atomic mass is 32.2. The van der Waals surface area contributed by atoms with Crippen molar-refractivity contribution in [3.8, 4) is 0 Å². The maximum atomic E-state index is 12.9. The first-order valence-electron chi connectivity index (χ1n) is 7.73. The largest absolute Gasteiger partial charge is 0.326 e. The molecule has 0 aromatic heterocycles. The van der Waals surface area contributed by atoms with Crippen molar-refractivity contribution in [1.82, 2.24) is 0 Å². The fourth-order valence-electron chi connectivity index (χ4n) is 3.90. The predicted molar refractivity (Wildman–Crippen MR) is 79.7 cm³/mol. The summed E-state index contributed by atoms with van der Waals surface area (Å²) >= 11 is 0. The van der Waals surface area contributed by atoms with Gasteiger partial charge in [0.15, 0.2) is 9.84 Å². The quantitative estimate of drug-likeness (QED) is 0.849. The summed E-state index contributed by atoms with van der Waals surface area (Å²) in [5.41, 5.74) is 6.26. The molecule has 19 heavy (non-hydrogen) atoms. The van der Waals surface area contributed by atoms with Gasteiger partial charge in [0.25, 0.3) is 0 Å². The maximum absolute atomic E-state index is 12.9. The lowest BCUT2D eigenvalue weighted by atomic mass is 9.73. The smallest absolute Gasteiger partial charge is 0.157 e. The number of nitrogens with two attached hydrogens (primary N) is 1. The molecule has 0 bridgehead atoms. The second kappa shape index (κ2) is 5.36. The summed E-state index contributed by atoms with van der Waals surface area (Å²) in [7, 11) is -3.06. The minimum Gasteiger partial charge on any atom is -0.326 e. The van der Waals surface area contributed by atoms with E-state index in [-0.39, 0.29) is 22.0 Å². The number of sulfone groups is 1. The van der Waals surface area contributed by atoms with E-state index in [2.05, 4.69) is 20.8 Å². The highest BCUT2D eigenvalue weighted by Crippen LogP contribution is 2.40. The molecule has 0 aromatic rings. The first kappa shape index (κ1) is 15.3. The van der Waals surface area contributed by atoms with Crippen LogP contribution in [0.1, 0.15) is 65.7 Å². The number of hydrogen-bond donors (Lipinski definition) is 1. The standard InChI is InChI=1S/C15H29NO2S/c1-11-6-4-7-12(10-11)19(17,18)13-8-5-9-15(2,3)14(13)16/h11-14H,4-10,16H2,1-3H3. The van der Waals surface area contributed by atoms with Crippen molar-refractivity contribution in [2.45, 2.75) is 82.3 Å². The second-order valence-electron chi connectivity index (χ2n) is 7.43. The summed E-state index contributed by atoms with van der Waals surface area (Å²) in [6, 6.07) is -0.205. The molecule has 2 aliphatic carbocycles. The Balaban J connectivity index is 2.19. The Morgan fingerprint density at radius 1 is 1.11 bits per heavy atom. The molecule has 4 heteroatoms. The molecular weight excluding hydrogens is 258 g/mol. The van der Waals surface area contributed by atoms with Gasteiger partial charge in [-0.15, -0.1) is 0 Å². The third kappa shape index (κ3) is 2.99. The molecule has 2 saturated carbocycles. The van der Waals surface area contributed by atoms with E-state index in [0.717, 1.165) is 38.5 Å². The number of rotatable bonds is 2. The normalized spacial score (nSPS) is 40.0. The summed E-state index contributed by atoms with van der Waals surface area (Å²) in [5, 5.41) is -0.451. The molecule has 3 nitrogen and oxygen atoms in total. The van der Waals surface area contributed by atoms with Gasteiger partial charge in [-0.1, -0.05) is 40.0 Å². The third-order valence-corrected chi connectivity index (χ3v) is 8.12. The van der Waals surface area contributed by atoms with Gasteiger partial charge >= 0.3 is 0 Å². The van der Waals surface area contributed by atoms with Crippen molar-refractivity contribution < 1.29 is 8.42 Å². The van der Waals surface area contributed by atoms with Crippen LogP contribution < -0.4 is 5.73 Å². The maximum Gasteiger partial charge on any atom is 0.157 e. The van der Waals surface area contributed by atoms with E-state index >= 15 is 0 Å². The van der Waals surface area contributed by atoms with Crippen molar-refractivity contribution in [1.29, 1.82) is 0 Å². The summed E-state index contributed by atoms with van der Waals surface area (Å²) in [4.78, 5) is 0. The van der Waals surface area contributed by atoms with Gasteiger partial charge in [0.2, 0.25) is 0 Å². The molecule has 0 spiro atoms. The van der Waals surface area contributed by atoms with Crippen LogP contribution in [0.2, 0.25) is 0 Å². The Morgan fingerprint density at radius 3 is 2.42 bits per heavy atom. The monoisotopic (exact) mass is 287 g/mol. The zero-order valence-corrected chi connectivity index (χ0v) is 13.4. The van der Waals surface area contributed by atoms with Gasteiger partial charge in [0.05, 0.1) is 10.5 Å². The Kier molecular flexibility index (Phi) is 4.32. The van der Waals surface area contributed by atoms with Crippen LogP contribution in [0.3, 0.4) is 0 Å². The van der Waals surface area contributed by atoms with Gasteiger partial charge in [0.1, 0.15) is 0 Å². The molecule has 0 aliphatic heterocycles. The summed E-state index contributed by atoms with van der Waals surface area (Å²) in [6.45, 7) is 6.40.